The first-order valence-corrected chi connectivity index (χ1v) is 6.45. The lowest BCUT2D eigenvalue weighted by molar-refractivity contribution is 0.0527. The number of esters is 1. The number of nitrogens with zero attached hydrogens (tertiary/aromatic N) is 2. The summed E-state index contributed by atoms with van der Waals surface area (Å²) in [5, 5.41) is 0. The van der Waals surface area contributed by atoms with Gasteiger partial charge >= 0.3 is 5.97 Å². The number of pyridine rings is 1. The van der Waals surface area contributed by atoms with Crippen LogP contribution in [0.4, 0.5) is 21.6 Å². The van der Waals surface area contributed by atoms with Gasteiger partial charge in [0, 0.05) is 12.7 Å². The van der Waals surface area contributed by atoms with Crippen LogP contribution in [0.5, 0.6) is 0 Å². The van der Waals surface area contributed by atoms with Crippen molar-refractivity contribution < 1.29 is 13.9 Å². The number of hydrogen-bond donors (Lipinski definition) is 1. The fourth-order valence-electron chi connectivity index (χ4n) is 1.91. The molecule has 110 valence electrons. The van der Waals surface area contributed by atoms with Crippen molar-refractivity contribution in [3.63, 3.8) is 0 Å². The van der Waals surface area contributed by atoms with E-state index < -0.39 is 5.97 Å². The van der Waals surface area contributed by atoms with Crippen LogP contribution in [0.25, 0.3) is 0 Å². The van der Waals surface area contributed by atoms with Crippen molar-refractivity contribution >= 4 is 23.2 Å². The van der Waals surface area contributed by atoms with Crippen molar-refractivity contribution in [2.75, 3.05) is 24.3 Å². The molecular weight excluding hydrogens is 273 g/mol. The minimum absolute atomic E-state index is 0.239. The highest BCUT2D eigenvalue weighted by molar-refractivity contribution is 5.96. The number of carbonyl (C=O) groups excluding carboxylic acids is 1. The lowest BCUT2D eigenvalue weighted by Crippen LogP contribution is -2.17. The first-order chi connectivity index (χ1) is 10.0. The Labute approximate surface area is 122 Å². The predicted octanol–water partition coefficient (Wildman–Crippen LogP) is 2.75. The molecule has 2 rings (SSSR count). The molecule has 0 radical (unpaired) electrons. The molecule has 0 aliphatic heterocycles. The van der Waals surface area contributed by atoms with Crippen LogP contribution in [-0.4, -0.2) is 24.6 Å². The molecule has 21 heavy (non-hydrogen) atoms. The van der Waals surface area contributed by atoms with Crippen LogP contribution in [0.1, 0.15) is 17.3 Å². The molecule has 0 aliphatic carbocycles. The SMILES string of the molecule is CCOC(=O)c1cc(N)cnc1N(C)c1cccc(F)c1. The van der Waals surface area contributed by atoms with Crippen LogP contribution in [-0.2, 0) is 4.74 Å². The number of carbonyl (C=O) groups is 1. The van der Waals surface area contributed by atoms with Crippen LogP contribution in [0, 0.1) is 5.82 Å². The van der Waals surface area contributed by atoms with E-state index in [0.717, 1.165) is 0 Å². The van der Waals surface area contributed by atoms with Gasteiger partial charge in [-0.3, -0.25) is 0 Å². The summed E-state index contributed by atoms with van der Waals surface area (Å²) >= 11 is 0. The molecule has 0 unspecified atom stereocenters. The molecule has 6 heteroatoms. The maximum atomic E-state index is 13.3. The maximum absolute atomic E-state index is 13.3. The number of nitrogen functional groups attached to an aromatic ring is 1. The van der Waals surface area contributed by atoms with Gasteiger partial charge in [0.05, 0.1) is 18.5 Å². The van der Waals surface area contributed by atoms with E-state index >= 15 is 0 Å². The molecule has 0 saturated heterocycles. The third-order valence-corrected chi connectivity index (χ3v) is 2.90. The van der Waals surface area contributed by atoms with E-state index in [2.05, 4.69) is 4.98 Å². The van der Waals surface area contributed by atoms with Crippen molar-refractivity contribution in [1.82, 2.24) is 4.98 Å². The van der Waals surface area contributed by atoms with Crippen LogP contribution in [0.15, 0.2) is 36.5 Å². The number of rotatable bonds is 4. The summed E-state index contributed by atoms with van der Waals surface area (Å²) in [7, 11) is 1.69. The number of anilines is 3. The van der Waals surface area contributed by atoms with E-state index in [0.29, 0.717) is 17.2 Å². The van der Waals surface area contributed by atoms with Gasteiger partial charge in [0.1, 0.15) is 17.2 Å². The number of hydrogen-bond acceptors (Lipinski definition) is 5. The zero-order valence-electron chi connectivity index (χ0n) is 11.8. The zero-order valence-corrected chi connectivity index (χ0v) is 11.8. The second-order valence-electron chi connectivity index (χ2n) is 4.40. The summed E-state index contributed by atoms with van der Waals surface area (Å²) in [4.78, 5) is 17.8. The largest absolute Gasteiger partial charge is 0.462 e. The Bertz CT molecular complexity index is 661. The van der Waals surface area contributed by atoms with Crippen molar-refractivity contribution in [2.45, 2.75) is 6.92 Å². The molecule has 0 saturated carbocycles. The molecule has 1 aromatic heterocycles. The van der Waals surface area contributed by atoms with Crippen LogP contribution in [0.2, 0.25) is 0 Å². The van der Waals surface area contributed by atoms with E-state index in [1.54, 1.807) is 31.0 Å². The summed E-state index contributed by atoms with van der Waals surface area (Å²) in [6, 6.07) is 7.50. The van der Waals surface area contributed by atoms with Gasteiger partial charge in [-0.2, -0.15) is 0 Å². The van der Waals surface area contributed by atoms with Gasteiger partial charge in [0.15, 0.2) is 0 Å². The third-order valence-electron chi connectivity index (χ3n) is 2.90. The van der Waals surface area contributed by atoms with Gasteiger partial charge in [-0.15, -0.1) is 0 Å². The molecular formula is C15H16FN3O2. The summed E-state index contributed by atoms with van der Waals surface area (Å²) in [5.74, 6) is -0.531. The Balaban J connectivity index is 2.45. The Kier molecular flexibility index (Phi) is 4.37. The van der Waals surface area contributed by atoms with Crippen molar-refractivity contribution in [3.8, 4) is 0 Å². The molecule has 2 aromatic rings. The lowest BCUT2D eigenvalue weighted by Gasteiger charge is -2.21. The molecule has 0 aliphatic rings. The highest BCUT2D eigenvalue weighted by Crippen LogP contribution is 2.27. The summed E-state index contributed by atoms with van der Waals surface area (Å²) in [6.07, 6.45) is 1.44. The van der Waals surface area contributed by atoms with Gasteiger partial charge in [-0.25, -0.2) is 14.2 Å². The lowest BCUT2D eigenvalue weighted by atomic mass is 10.2. The molecule has 2 N–H and O–H groups in total. The normalized spacial score (nSPS) is 10.2. The Morgan fingerprint density at radius 3 is 2.86 bits per heavy atom. The average Bonchev–Trinajstić information content (AvgIpc) is 2.46. The molecule has 1 aromatic carbocycles. The molecule has 0 fully saturated rings. The van der Waals surface area contributed by atoms with E-state index in [4.69, 9.17) is 10.5 Å². The van der Waals surface area contributed by atoms with Gasteiger partial charge in [-0.05, 0) is 31.2 Å². The average molecular weight is 289 g/mol. The zero-order chi connectivity index (χ0) is 15.4. The van der Waals surface area contributed by atoms with Crippen LogP contribution in [0.3, 0.4) is 0 Å². The minimum atomic E-state index is -0.518. The quantitative estimate of drug-likeness (QED) is 0.876. The molecule has 1 heterocycles. The van der Waals surface area contributed by atoms with Gasteiger partial charge in [-0.1, -0.05) is 6.07 Å². The van der Waals surface area contributed by atoms with E-state index in [9.17, 15) is 9.18 Å². The Morgan fingerprint density at radius 2 is 2.19 bits per heavy atom. The fraction of sp³-hybridized carbons (Fsp3) is 0.200. The number of ether oxygens (including phenoxy) is 1. The number of nitrogens with two attached hydrogens (primary N) is 1. The second kappa shape index (κ2) is 6.21. The smallest absolute Gasteiger partial charge is 0.341 e. The number of aromatic nitrogens is 1. The topological polar surface area (TPSA) is 68.5 Å². The molecule has 0 amide bonds. The van der Waals surface area contributed by atoms with Crippen LogP contribution >= 0.6 is 0 Å². The van der Waals surface area contributed by atoms with Crippen molar-refractivity contribution in [3.05, 3.63) is 47.9 Å². The summed E-state index contributed by atoms with van der Waals surface area (Å²) in [6.45, 7) is 1.96. The Morgan fingerprint density at radius 1 is 1.43 bits per heavy atom. The number of benzene rings is 1. The van der Waals surface area contributed by atoms with Gasteiger partial charge in [0.2, 0.25) is 0 Å². The maximum Gasteiger partial charge on any atom is 0.341 e. The monoisotopic (exact) mass is 289 g/mol. The van der Waals surface area contributed by atoms with Crippen molar-refractivity contribution in [2.24, 2.45) is 0 Å². The summed E-state index contributed by atoms with van der Waals surface area (Å²) < 4.78 is 18.3. The van der Waals surface area contributed by atoms with E-state index in [1.807, 2.05) is 0 Å². The van der Waals surface area contributed by atoms with E-state index in [1.165, 1.54) is 24.4 Å². The second-order valence-corrected chi connectivity index (χ2v) is 4.40. The molecule has 0 spiro atoms. The highest BCUT2D eigenvalue weighted by atomic mass is 19.1. The summed E-state index contributed by atoms with van der Waals surface area (Å²) in [5.41, 5.74) is 6.84. The fourth-order valence-corrected chi connectivity index (χ4v) is 1.91. The molecule has 0 bridgehead atoms. The van der Waals surface area contributed by atoms with Gasteiger partial charge < -0.3 is 15.4 Å². The van der Waals surface area contributed by atoms with Crippen LogP contribution < -0.4 is 10.6 Å². The van der Waals surface area contributed by atoms with E-state index in [-0.39, 0.29) is 18.0 Å². The standard InChI is InChI=1S/C15H16FN3O2/c1-3-21-15(20)13-8-11(17)9-18-14(13)19(2)12-6-4-5-10(16)7-12/h4-9H,3,17H2,1-2H3. The highest BCUT2D eigenvalue weighted by Gasteiger charge is 2.18. The van der Waals surface area contributed by atoms with Crippen molar-refractivity contribution in [1.29, 1.82) is 0 Å². The first-order valence-electron chi connectivity index (χ1n) is 6.45. The Hall–Kier alpha value is -2.63. The molecule has 0 atom stereocenters. The predicted molar refractivity (Wildman–Crippen MR) is 79.1 cm³/mol. The number of halogens is 1. The van der Waals surface area contributed by atoms with Gasteiger partial charge in [0.25, 0.3) is 0 Å². The first kappa shape index (κ1) is 14.8. The molecule has 5 nitrogen and oxygen atoms in total. The minimum Gasteiger partial charge on any atom is -0.462 e. The third kappa shape index (κ3) is 3.28.